The summed E-state index contributed by atoms with van der Waals surface area (Å²) in [6.07, 6.45) is 2.18. The lowest BCUT2D eigenvalue weighted by Gasteiger charge is -2.17. The average Bonchev–Trinajstić information content (AvgIpc) is 2.30. The first-order valence-corrected chi connectivity index (χ1v) is 6.11. The Morgan fingerprint density at radius 1 is 1.06 bits per heavy atom. The fourth-order valence-corrected chi connectivity index (χ4v) is 1.12. The van der Waals surface area contributed by atoms with E-state index >= 15 is 0 Å². The van der Waals surface area contributed by atoms with Crippen molar-refractivity contribution in [1.29, 1.82) is 0 Å². The van der Waals surface area contributed by atoms with Gasteiger partial charge in [-0.05, 0) is 24.1 Å². The molecule has 0 spiro atoms. The fourth-order valence-electron chi connectivity index (χ4n) is 1.12. The molecule has 0 aliphatic rings. The minimum atomic E-state index is -0.363. The first kappa shape index (κ1) is 16.6. The molecule has 102 valence electrons. The highest BCUT2D eigenvalue weighted by molar-refractivity contribution is 5.92. The molecule has 1 aromatic rings. The zero-order chi connectivity index (χ0) is 14.1. The number of hydrogen-bond donors (Lipinski definition) is 1. The molecule has 0 atom stereocenters. The van der Waals surface area contributed by atoms with Gasteiger partial charge in [0, 0.05) is 33.8 Å². The van der Waals surface area contributed by atoms with Gasteiger partial charge in [0.25, 0.3) is 0 Å². The number of primary amides is 1. The summed E-state index contributed by atoms with van der Waals surface area (Å²) in [5.74, 6) is -0.363. The van der Waals surface area contributed by atoms with E-state index in [0.29, 0.717) is 5.56 Å². The largest absolute Gasteiger partial charge is 0.366 e. The Balaban J connectivity index is 0.000000411. The molecule has 1 aromatic carbocycles. The van der Waals surface area contributed by atoms with Crippen LogP contribution < -0.4 is 5.73 Å². The van der Waals surface area contributed by atoms with E-state index in [1.165, 1.54) is 5.56 Å². The highest BCUT2D eigenvalue weighted by atomic mass is 16.1. The number of nitrogens with two attached hydrogens (primary N) is 1. The molecule has 1 amide bonds. The van der Waals surface area contributed by atoms with Crippen LogP contribution in [0.15, 0.2) is 24.3 Å². The monoisotopic (exact) mass is 251 g/mol. The van der Waals surface area contributed by atoms with Crippen LogP contribution in [0, 0.1) is 0 Å². The number of hydrazine groups is 1. The van der Waals surface area contributed by atoms with Gasteiger partial charge in [-0.1, -0.05) is 25.5 Å². The molecule has 0 aliphatic heterocycles. The van der Waals surface area contributed by atoms with Crippen LogP contribution in [0.3, 0.4) is 0 Å². The number of carbonyl (C=O) groups is 1. The second kappa shape index (κ2) is 8.66. The van der Waals surface area contributed by atoms with Gasteiger partial charge in [-0.2, -0.15) is 0 Å². The van der Waals surface area contributed by atoms with Crippen molar-refractivity contribution in [2.24, 2.45) is 5.73 Å². The van der Waals surface area contributed by atoms with Crippen molar-refractivity contribution in [3.63, 3.8) is 0 Å². The highest BCUT2D eigenvalue weighted by Gasteiger charge is 1.98. The van der Waals surface area contributed by atoms with Crippen LogP contribution in [-0.4, -0.2) is 44.1 Å². The van der Waals surface area contributed by atoms with Crippen molar-refractivity contribution in [3.05, 3.63) is 35.4 Å². The lowest BCUT2D eigenvalue weighted by molar-refractivity contribution is 0.0894. The lowest BCUT2D eigenvalue weighted by atomic mass is 10.1. The number of carbonyl (C=O) groups excluding carboxylic acids is 1. The summed E-state index contributed by atoms with van der Waals surface area (Å²) >= 11 is 0. The summed E-state index contributed by atoms with van der Waals surface area (Å²) in [4.78, 5) is 10.7. The van der Waals surface area contributed by atoms with Gasteiger partial charge in [0.15, 0.2) is 0 Å². The normalized spacial score (nSPS) is 10.2. The second-order valence-corrected chi connectivity index (χ2v) is 4.51. The zero-order valence-electron chi connectivity index (χ0n) is 12.1. The molecule has 0 aromatic heterocycles. The molecular weight excluding hydrogens is 226 g/mol. The molecule has 0 saturated heterocycles. The van der Waals surface area contributed by atoms with Gasteiger partial charge in [0.1, 0.15) is 0 Å². The van der Waals surface area contributed by atoms with E-state index in [0.717, 1.165) is 12.8 Å². The molecule has 0 fully saturated rings. The smallest absolute Gasteiger partial charge is 0.248 e. The van der Waals surface area contributed by atoms with E-state index < -0.39 is 0 Å². The van der Waals surface area contributed by atoms with E-state index in [9.17, 15) is 4.79 Å². The van der Waals surface area contributed by atoms with Crippen molar-refractivity contribution >= 4 is 5.91 Å². The van der Waals surface area contributed by atoms with E-state index in [4.69, 9.17) is 5.73 Å². The van der Waals surface area contributed by atoms with Crippen molar-refractivity contribution in [1.82, 2.24) is 10.0 Å². The first-order valence-electron chi connectivity index (χ1n) is 6.11. The summed E-state index contributed by atoms with van der Waals surface area (Å²) in [5.41, 5.74) is 6.93. The molecule has 1 rings (SSSR count). The predicted molar refractivity (Wildman–Crippen MR) is 76.3 cm³/mol. The number of aryl methyl sites for hydroxylation is 1. The molecule has 0 unspecified atom stereocenters. The van der Waals surface area contributed by atoms with Crippen LogP contribution in [0.25, 0.3) is 0 Å². The van der Waals surface area contributed by atoms with E-state index in [1.54, 1.807) is 12.1 Å². The van der Waals surface area contributed by atoms with Gasteiger partial charge in [0.2, 0.25) is 5.91 Å². The Morgan fingerprint density at radius 2 is 1.50 bits per heavy atom. The Labute approximate surface area is 110 Å². The lowest BCUT2D eigenvalue weighted by Crippen LogP contribution is -2.28. The molecule has 0 saturated carbocycles. The molecule has 0 radical (unpaired) electrons. The fraction of sp³-hybridized carbons (Fsp3) is 0.500. The van der Waals surface area contributed by atoms with Gasteiger partial charge in [-0.3, -0.25) is 4.79 Å². The van der Waals surface area contributed by atoms with Crippen LogP contribution in [-0.2, 0) is 6.42 Å². The highest BCUT2D eigenvalue weighted by Crippen LogP contribution is 2.05. The topological polar surface area (TPSA) is 49.6 Å². The van der Waals surface area contributed by atoms with E-state index in [2.05, 4.69) is 6.92 Å². The van der Waals surface area contributed by atoms with Gasteiger partial charge in [-0.25, -0.2) is 10.0 Å². The third kappa shape index (κ3) is 7.04. The predicted octanol–water partition coefficient (Wildman–Crippen LogP) is 1.76. The summed E-state index contributed by atoms with van der Waals surface area (Å²) in [6.45, 7) is 2.13. The average molecular weight is 251 g/mol. The SMILES string of the molecule is CCCc1ccc(C(N)=O)cc1.CN(C)N(C)C. The summed E-state index contributed by atoms with van der Waals surface area (Å²) in [6, 6.07) is 7.44. The Bertz CT molecular complexity index is 339. The third-order valence-corrected chi connectivity index (χ3v) is 2.58. The second-order valence-electron chi connectivity index (χ2n) is 4.51. The molecule has 0 heterocycles. The minimum Gasteiger partial charge on any atom is -0.366 e. The minimum absolute atomic E-state index is 0.363. The number of nitrogens with zero attached hydrogens (tertiary/aromatic N) is 2. The number of amides is 1. The van der Waals surface area contributed by atoms with Crippen molar-refractivity contribution < 1.29 is 4.79 Å². The summed E-state index contributed by atoms with van der Waals surface area (Å²) in [7, 11) is 8.00. The standard InChI is InChI=1S/C10H13NO.C4H12N2/c1-2-3-8-4-6-9(7-5-8)10(11)12;1-5(2)6(3)4/h4-7H,2-3H2,1H3,(H2,11,12);1-4H3. The zero-order valence-corrected chi connectivity index (χ0v) is 12.1. The van der Waals surface area contributed by atoms with Crippen molar-refractivity contribution in [3.8, 4) is 0 Å². The molecular formula is C14H25N3O. The Hall–Kier alpha value is -1.39. The van der Waals surface area contributed by atoms with Crippen LogP contribution in [0.4, 0.5) is 0 Å². The van der Waals surface area contributed by atoms with Crippen LogP contribution in [0.1, 0.15) is 29.3 Å². The van der Waals surface area contributed by atoms with Gasteiger partial charge < -0.3 is 5.73 Å². The van der Waals surface area contributed by atoms with Gasteiger partial charge >= 0.3 is 0 Å². The van der Waals surface area contributed by atoms with Crippen LogP contribution in [0.2, 0.25) is 0 Å². The Kier molecular flexibility index (Phi) is 8.00. The van der Waals surface area contributed by atoms with Gasteiger partial charge in [-0.15, -0.1) is 0 Å². The third-order valence-electron chi connectivity index (χ3n) is 2.58. The van der Waals surface area contributed by atoms with Crippen molar-refractivity contribution in [2.75, 3.05) is 28.2 Å². The molecule has 0 bridgehead atoms. The molecule has 0 aliphatic carbocycles. The maximum atomic E-state index is 10.7. The molecule has 4 nitrogen and oxygen atoms in total. The van der Waals surface area contributed by atoms with E-state index in [-0.39, 0.29) is 5.91 Å². The van der Waals surface area contributed by atoms with Crippen LogP contribution in [0.5, 0.6) is 0 Å². The Morgan fingerprint density at radius 3 is 1.78 bits per heavy atom. The first-order chi connectivity index (χ1) is 8.38. The van der Waals surface area contributed by atoms with Crippen LogP contribution >= 0.6 is 0 Å². The maximum absolute atomic E-state index is 10.7. The molecule has 18 heavy (non-hydrogen) atoms. The number of rotatable bonds is 4. The summed E-state index contributed by atoms with van der Waals surface area (Å²) < 4.78 is 0. The summed E-state index contributed by atoms with van der Waals surface area (Å²) in [5, 5.41) is 4.00. The van der Waals surface area contributed by atoms with Crippen molar-refractivity contribution in [2.45, 2.75) is 19.8 Å². The molecule has 4 heteroatoms. The van der Waals surface area contributed by atoms with Gasteiger partial charge in [0.05, 0.1) is 0 Å². The number of benzene rings is 1. The van der Waals surface area contributed by atoms with E-state index in [1.807, 2.05) is 50.3 Å². The molecule has 2 N–H and O–H groups in total. The number of hydrogen-bond acceptors (Lipinski definition) is 3. The maximum Gasteiger partial charge on any atom is 0.248 e. The quantitative estimate of drug-likeness (QED) is 0.830.